The Morgan fingerprint density at radius 2 is 1.96 bits per heavy atom. The molecule has 8 heteroatoms. The molecule has 1 aliphatic rings. The standard InChI is InChI=1S/C20H23N5O3/c1-10-17(11(2)25(3)24-10)14-9-16(26)21-20-18(14)19(22-23-20)13-7-6-12(27-4)8-15(13)28-5/h6-8,14H,9H2,1-5H3,(H2,21,22,23,26). The van der Waals surface area contributed by atoms with Gasteiger partial charge in [0, 0.05) is 47.8 Å². The van der Waals surface area contributed by atoms with Gasteiger partial charge in [0.25, 0.3) is 0 Å². The van der Waals surface area contributed by atoms with Crippen LogP contribution < -0.4 is 14.8 Å². The molecular formula is C20H23N5O3. The van der Waals surface area contributed by atoms with Gasteiger partial charge < -0.3 is 14.8 Å². The maximum Gasteiger partial charge on any atom is 0.226 e. The number of carbonyl (C=O) groups excluding carboxylic acids is 1. The molecule has 3 aromatic rings. The number of hydrogen-bond acceptors (Lipinski definition) is 5. The lowest BCUT2D eigenvalue weighted by atomic mass is 9.83. The molecule has 0 saturated carbocycles. The third-order valence-corrected chi connectivity index (χ3v) is 5.39. The van der Waals surface area contributed by atoms with Gasteiger partial charge in [-0.3, -0.25) is 14.6 Å². The van der Waals surface area contributed by atoms with Crippen LogP contribution >= 0.6 is 0 Å². The summed E-state index contributed by atoms with van der Waals surface area (Å²) in [6.07, 6.45) is 0.339. The predicted octanol–water partition coefficient (Wildman–Crippen LogP) is 2.92. The van der Waals surface area contributed by atoms with E-state index in [9.17, 15) is 4.79 Å². The van der Waals surface area contributed by atoms with Crippen molar-refractivity contribution in [1.29, 1.82) is 0 Å². The van der Waals surface area contributed by atoms with Gasteiger partial charge in [0.1, 0.15) is 11.5 Å². The number of ether oxygens (including phenoxy) is 2. The molecule has 146 valence electrons. The van der Waals surface area contributed by atoms with Crippen LogP contribution in [0.4, 0.5) is 5.82 Å². The van der Waals surface area contributed by atoms with E-state index < -0.39 is 0 Å². The zero-order valence-electron chi connectivity index (χ0n) is 16.6. The number of carbonyl (C=O) groups is 1. The van der Waals surface area contributed by atoms with Gasteiger partial charge in [0.2, 0.25) is 5.91 Å². The summed E-state index contributed by atoms with van der Waals surface area (Å²) in [5.41, 5.74) is 5.65. The molecule has 1 aliphatic heterocycles. The minimum Gasteiger partial charge on any atom is -0.497 e. The lowest BCUT2D eigenvalue weighted by Crippen LogP contribution is -2.24. The number of benzene rings is 1. The fourth-order valence-corrected chi connectivity index (χ4v) is 4.01. The summed E-state index contributed by atoms with van der Waals surface area (Å²) in [5, 5.41) is 14.9. The van der Waals surface area contributed by atoms with Crippen LogP contribution in [0.5, 0.6) is 11.5 Å². The minimum absolute atomic E-state index is 0.0556. The number of fused-ring (bicyclic) bond motifs is 1. The van der Waals surface area contributed by atoms with Gasteiger partial charge >= 0.3 is 0 Å². The summed E-state index contributed by atoms with van der Waals surface area (Å²) < 4.78 is 12.7. The van der Waals surface area contributed by atoms with E-state index in [0.29, 0.717) is 23.7 Å². The average molecular weight is 381 g/mol. The quantitative estimate of drug-likeness (QED) is 0.725. The molecule has 8 nitrogen and oxygen atoms in total. The molecule has 28 heavy (non-hydrogen) atoms. The van der Waals surface area contributed by atoms with E-state index in [1.54, 1.807) is 14.2 Å². The first-order valence-electron chi connectivity index (χ1n) is 9.05. The second kappa shape index (κ2) is 6.70. The molecule has 4 rings (SSSR count). The number of nitrogens with zero attached hydrogens (tertiary/aromatic N) is 3. The summed E-state index contributed by atoms with van der Waals surface area (Å²) in [4.78, 5) is 12.4. The normalized spacial score (nSPS) is 15.9. The molecule has 1 atom stereocenters. The number of nitrogens with one attached hydrogen (secondary N) is 2. The lowest BCUT2D eigenvalue weighted by molar-refractivity contribution is -0.116. The van der Waals surface area contributed by atoms with Crippen molar-refractivity contribution in [1.82, 2.24) is 20.0 Å². The maximum atomic E-state index is 12.4. The van der Waals surface area contributed by atoms with Crippen LogP contribution in [0.2, 0.25) is 0 Å². The third kappa shape index (κ3) is 2.72. The van der Waals surface area contributed by atoms with E-state index in [4.69, 9.17) is 9.47 Å². The second-order valence-corrected chi connectivity index (χ2v) is 6.94. The van der Waals surface area contributed by atoms with Crippen molar-refractivity contribution in [3.8, 4) is 22.8 Å². The van der Waals surface area contributed by atoms with Crippen LogP contribution in [0, 0.1) is 13.8 Å². The number of methoxy groups -OCH3 is 2. The Kier molecular flexibility index (Phi) is 4.33. The van der Waals surface area contributed by atoms with Gasteiger partial charge in [-0.25, -0.2) is 0 Å². The predicted molar refractivity (Wildman–Crippen MR) is 105 cm³/mol. The fraction of sp³-hybridized carbons (Fsp3) is 0.350. The molecule has 0 spiro atoms. The molecule has 2 aromatic heterocycles. The van der Waals surface area contributed by atoms with Crippen molar-refractivity contribution in [2.45, 2.75) is 26.2 Å². The number of aryl methyl sites for hydroxylation is 2. The Morgan fingerprint density at radius 1 is 1.18 bits per heavy atom. The van der Waals surface area contributed by atoms with E-state index >= 15 is 0 Å². The molecule has 0 radical (unpaired) electrons. The molecule has 1 unspecified atom stereocenters. The molecular weight excluding hydrogens is 358 g/mol. The molecule has 2 N–H and O–H groups in total. The van der Waals surface area contributed by atoms with E-state index in [2.05, 4.69) is 20.6 Å². The van der Waals surface area contributed by atoms with Gasteiger partial charge in [-0.15, -0.1) is 0 Å². The minimum atomic E-state index is -0.141. The number of amides is 1. The van der Waals surface area contributed by atoms with Crippen molar-refractivity contribution >= 4 is 11.7 Å². The molecule has 0 saturated heterocycles. The Morgan fingerprint density at radius 3 is 2.61 bits per heavy atom. The number of aromatic nitrogens is 4. The average Bonchev–Trinajstić information content (AvgIpc) is 3.21. The van der Waals surface area contributed by atoms with Crippen molar-refractivity contribution in [3.63, 3.8) is 0 Å². The zero-order chi connectivity index (χ0) is 20.0. The van der Waals surface area contributed by atoms with Gasteiger partial charge in [0.05, 0.1) is 25.6 Å². The van der Waals surface area contributed by atoms with Gasteiger partial charge in [0.15, 0.2) is 5.82 Å². The molecule has 1 aromatic carbocycles. The molecule has 0 aliphatic carbocycles. The Hall–Kier alpha value is -3.29. The first-order valence-corrected chi connectivity index (χ1v) is 9.05. The first-order chi connectivity index (χ1) is 13.4. The van der Waals surface area contributed by atoms with E-state index in [0.717, 1.165) is 33.8 Å². The fourth-order valence-electron chi connectivity index (χ4n) is 4.01. The number of rotatable bonds is 4. The van der Waals surface area contributed by atoms with Crippen molar-refractivity contribution in [3.05, 3.63) is 40.7 Å². The van der Waals surface area contributed by atoms with Crippen LogP contribution in [0.3, 0.4) is 0 Å². The largest absolute Gasteiger partial charge is 0.497 e. The number of hydrogen-bond donors (Lipinski definition) is 2. The Labute approximate surface area is 162 Å². The topological polar surface area (TPSA) is 94.1 Å². The molecule has 1 amide bonds. The second-order valence-electron chi connectivity index (χ2n) is 6.94. The molecule has 3 heterocycles. The highest BCUT2D eigenvalue weighted by molar-refractivity contribution is 5.96. The van der Waals surface area contributed by atoms with Crippen LogP contribution in [-0.2, 0) is 11.8 Å². The SMILES string of the molecule is COc1ccc(-c2[nH]nc3c2C(c2c(C)nn(C)c2C)CC(=O)N3)c(OC)c1. The summed E-state index contributed by atoms with van der Waals surface area (Å²) in [7, 11) is 5.15. The van der Waals surface area contributed by atoms with E-state index in [-0.39, 0.29) is 11.8 Å². The Balaban J connectivity index is 1.92. The number of anilines is 1. The van der Waals surface area contributed by atoms with Gasteiger partial charge in [-0.1, -0.05) is 0 Å². The third-order valence-electron chi connectivity index (χ3n) is 5.39. The number of aromatic amines is 1. The summed E-state index contributed by atoms with van der Waals surface area (Å²) in [6.45, 7) is 4.00. The van der Waals surface area contributed by atoms with Crippen molar-refractivity contribution in [2.24, 2.45) is 7.05 Å². The van der Waals surface area contributed by atoms with E-state index in [1.807, 2.05) is 43.8 Å². The van der Waals surface area contributed by atoms with Crippen LogP contribution in [0.1, 0.15) is 34.9 Å². The van der Waals surface area contributed by atoms with Crippen molar-refractivity contribution in [2.75, 3.05) is 19.5 Å². The summed E-state index contributed by atoms with van der Waals surface area (Å²) in [6, 6.07) is 5.64. The monoisotopic (exact) mass is 381 g/mol. The highest BCUT2D eigenvalue weighted by Crippen LogP contribution is 2.45. The van der Waals surface area contributed by atoms with E-state index in [1.165, 1.54) is 0 Å². The molecule has 0 fully saturated rings. The Bertz CT molecular complexity index is 1070. The summed E-state index contributed by atoms with van der Waals surface area (Å²) in [5.74, 6) is 1.73. The smallest absolute Gasteiger partial charge is 0.226 e. The first kappa shape index (κ1) is 18.1. The highest BCUT2D eigenvalue weighted by Gasteiger charge is 2.35. The number of H-pyrrole nitrogens is 1. The maximum absolute atomic E-state index is 12.4. The van der Waals surface area contributed by atoms with Crippen molar-refractivity contribution < 1.29 is 14.3 Å². The van der Waals surface area contributed by atoms with Crippen LogP contribution in [0.15, 0.2) is 18.2 Å². The molecule has 0 bridgehead atoms. The van der Waals surface area contributed by atoms with Gasteiger partial charge in [-0.05, 0) is 26.0 Å². The lowest BCUT2D eigenvalue weighted by Gasteiger charge is -2.24. The van der Waals surface area contributed by atoms with Gasteiger partial charge in [-0.2, -0.15) is 10.2 Å². The summed E-state index contributed by atoms with van der Waals surface area (Å²) >= 11 is 0. The van der Waals surface area contributed by atoms with Crippen LogP contribution in [0.25, 0.3) is 11.3 Å². The van der Waals surface area contributed by atoms with Crippen LogP contribution in [-0.4, -0.2) is 40.1 Å². The highest BCUT2D eigenvalue weighted by atomic mass is 16.5. The zero-order valence-corrected chi connectivity index (χ0v) is 16.6.